The van der Waals surface area contributed by atoms with E-state index in [2.05, 4.69) is 68.7 Å². The number of urea groups is 1. The van der Waals surface area contributed by atoms with Crippen LogP contribution in [0.3, 0.4) is 0 Å². The molecule has 5 nitrogen and oxygen atoms in total. The average Bonchev–Trinajstić information content (AvgIpc) is 3.01. The van der Waals surface area contributed by atoms with Crippen molar-refractivity contribution in [2.24, 2.45) is 0 Å². The number of amides is 2. The summed E-state index contributed by atoms with van der Waals surface area (Å²) >= 11 is 0.988. The number of hydrogen-bond acceptors (Lipinski definition) is 3. The van der Waals surface area contributed by atoms with Crippen LogP contribution in [0.25, 0.3) is 0 Å². The Labute approximate surface area is 213 Å². The normalized spacial score (nSPS) is 19.7. The third-order valence-corrected chi connectivity index (χ3v) is 6.66. The smallest absolute Gasteiger partial charge is 0.153 e. The zero-order chi connectivity index (χ0) is 22.8. The molecule has 0 bridgehead atoms. The van der Waals surface area contributed by atoms with Gasteiger partial charge in [-0.25, -0.2) is 0 Å². The summed E-state index contributed by atoms with van der Waals surface area (Å²) in [4.78, 5) is 13.0. The zero-order valence-electron chi connectivity index (χ0n) is 20.5. The van der Waals surface area contributed by atoms with Crippen LogP contribution in [-0.4, -0.2) is 52.7 Å². The van der Waals surface area contributed by atoms with Gasteiger partial charge in [0.2, 0.25) is 0 Å². The van der Waals surface area contributed by atoms with E-state index in [-0.39, 0.29) is 34.7 Å². The van der Waals surface area contributed by atoms with Crippen molar-refractivity contribution in [3.63, 3.8) is 0 Å². The molecule has 2 aromatic carbocycles. The van der Waals surface area contributed by atoms with Crippen molar-refractivity contribution in [1.82, 2.24) is 5.32 Å². The molecule has 32 heavy (non-hydrogen) atoms. The number of rotatable bonds is 6. The van der Waals surface area contributed by atoms with Gasteiger partial charge in [-0.1, -0.05) is 33.8 Å². The number of hydrogen-bond donors (Lipinski definition) is 2. The summed E-state index contributed by atoms with van der Waals surface area (Å²) in [6, 6.07) is 14.2. The van der Waals surface area contributed by atoms with Crippen molar-refractivity contribution in [2.75, 3.05) is 11.9 Å². The zero-order valence-corrected chi connectivity index (χ0v) is 23.9. The molecule has 0 radical (unpaired) electrons. The molecule has 1 heterocycles. The second-order valence-corrected chi connectivity index (χ2v) is 10.3. The summed E-state index contributed by atoms with van der Waals surface area (Å²) in [6.45, 7) is 12.8. The topological polar surface area (TPSA) is 59.6 Å². The second-order valence-electron chi connectivity index (χ2n) is 9.19. The van der Waals surface area contributed by atoms with Crippen molar-refractivity contribution in [1.29, 1.82) is 0 Å². The predicted molar refractivity (Wildman–Crippen MR) is 137 cm³/mol. The molecule has 2 aromatic rings. The van der Waals surface area contributed by atoms with Gasteiger partial charge in [0.05, 0.1) is 0 Å². The molecule has 1 saturated heterocycles. The minimum Gasteiger partial charge on any atom is -0.153 e. The summed E-state index contributed by atoms with van der Waals surface area (Å²) in [5.41, 5.74) is 4.09. The summed E-state index contributed by atoms with van der Waals surface area (Å²) in [5, 5.41) is 6.12. The fourth-order valence-corrected chi connectivity index (χ4v) is 4.33. The number of benzene rings is 2. The number of ether oxygens (including phenoxy) is 2. The first kappa shape index (κ1) is 27.3. The number of nitrogens with one attached hydrogen (secondary N) is 2. The monoisotopic (exact) mass is 466 g/mol. The first-order valence-electron chi connectivity index (χ1n) is 11.2. The Kier molecular flexibility index (Phi) is 9.78. The maximum absolute atomic E-state index is 13.0. The molecule has 170 valence electrons. The fraction of sp³-hybridized carbons (Fsp3) is 0.480. The van der Waals surface area contributed by atoms with E-state index in [1.54, 1.807) is 0 Å². The molecule has 3 rings (SSSR count). The van der Waals surface area contributed by atoms with Gasteiger partial charge >= 0.3 is 171 Å². The standard InChI is InChI=1S/C25H33N2O3.Na.H3P/c1-16(2)21-13-10-14-22(17(3)4)23(21)27-24(28)26-15-25(20-11-8-7-9-12-20)29-18(5)19(6)30-25;;/h8-14,16-19H,15H2,1-6H3,(H2,26,27,28);;1H3/t18-,19-;;/m1../s1. The minimum absolute atomic E-state index is 0. The van der Waals surface area contributed by atoms with Gasteiger partial charge in [-0.15, -0.1) is 0 Å². The van der Waals surface area contributed by atoms with E-state index in [4.69, 9.17) is 9.47 Å². The molecule has 2 N–H and O–H groups in total. The van der Waals surface area contributed by atoms with Crippen LogP contribution in [0.4, 0.5) is 10.5 Å². The van der Waals surface area contributed by atoms with Crippen LogP contribution in [0.15, 0.2) is 42.5 Å². The number of anilines is 1. The van der Waals surface area contributed by atoms with Crippen molar-refractivity contribution in [3.8, 4) is 0 Å². The molecule has 7 heteroatoms. The summed E-state index contributed by atoms with van der Waals surface area (Å²) in [7, 11) is 0. The molecule has 1 unspecified atom stereocenters. The van der Waals surface area contributed by atoms with Crippen molar-refractivity contribution in [3.05, 3.63) is 59.2 Å². The van der Waals surface area contributed by atoms with E-state index in [1.807, 2.05) is 26.0 Å². The summed E-state index contributed by atoms with van der Waals surface area (Å²) in [5.74, 6) is -0.372. The van der Waals surface area contributed by atoms with Gasteiger partial charge in [-0.05, 0) is 0 Å². The average molecular weight is 467 g/mol. The van der Waals surface area contributed by atoms with Crippen LogP contribution < -0.4 is 13.4 Å². The summed E-state index contributed by atoms with van der Waals surface area (Å²) < 4.78 is 13.8. The Bertz CT molecular complexity index is 882. The van der Waals surface area contributed by atoms with Gasteiger partial charge < -0.3 is 0 Å². The third-order valence-electron chi connectivity index (χ3n) is 6.00. The molecular weight excluding hydrogens is 430 g/mol. The van der Waals surface area contributed by atoms with Crippen LogP contribution in [0, 0.1) is 0 Å². The van der Waals surface area contributed by atoms with Crippen LogP contribution in [-0.2, 0) is 15.3 Å². The van der Waals surface area contributed by atoms with E-state index in [1.165, 1.54) is 2.81 Å². The van der Waals surface area contributed by atoms with Gasteiger partial charge in [0.25, 0.3) is 0 Å². The van der Waals surface area contributed by atoms with Gasteiger partial charge in [-0.3, -0.25) is 0 Å². The van der Waals surface area contributed by atoms with Gasteiger partial charge in [-0.2, -0.15) is 9.90 Å². The van der Waals surface area contributed by atoms with Crippen molar-refractivity contribution < 1.29 is 14.3 Å². The summed E-state index contributed by atoms with van der Waals surface area (Å²) in [6.07, 6.45) is -0.121. The molecule has 0 aliphatic carbocycles. The quantitative estimate of drug-likeness (QED) is 0.484. The first-order valence-corrected chi connectivity index (χ1v) is 12.2. The number of carbonyl (C=O) groups excluding carboxylic acids is 1. The Morgan fingerprint density at radius 3 is 1.94 bits per heavy atom. The molecule has 0 spiro atoms. The van der Waals surface area contributed by atoms with Crippen molar-refractivity contribution in [2.45, 2.75) is 71.4 Å². The van der Waals surface area contributed by atoms with Crippen LogP contribution >= 0.6 is 9.90 Å². The predicted octanol–water partition coefficient (Wildman–Crippen LogP) is 4.58. The Morgan fingerprint density at radius 1 is 0.969 bits per heavy atom. The van der Waals surface area contributed by atoms with E-state index in [0.29, 0.717) is 11.8 Å². The molecule has 0 saturated carbocycles. The van der Waals surface area contributed by atoms with E-state index >= 15 is 0 Å². The van der Waals surface area contributed by atoms with Crippen molar-refractivity contribution >= 4 is 52.4 Å². The van der Waals surface area contributed by atoms with Gasteiger partial charge in [0.1, 0.15) is 0 Å². The van der Waals surface area contributed by atoms with Gasteiger partial charge in [0, 0.05) is 0 Å². The molecule has 0 aromatic heterocycles. The SMILES string of the molecule is CC(C)c1cccc(C(C)C)c1NC(=O)NCC1(c2cc[c]([Na])cc2)O[C@H](C)[C@@H](C)O1.P. The molecular formula is C25H36N2NaO3P. The Morgan fingerprint density at radius 2 is 1.47 bits per heavy atom. The van der Waals surface area contributed by atoms with E-state index < -0.39 is 5.79 Å². The fourth-order valence-electron chi connectivity index (χ4n) is 4.00. The van der Waals surface area contributed by atoms with E-state index in [0.717, 1.165) is 50.3 Å². The molecule has 1 aliphatic rings. The molecule has 2 amide bonds. The van der Waals surface area contributed by atoms with E-state index in [9.17, 15) is 4.79 Å². The maximum Gasteiger partial charge on any atom is -0.153 e. The van der Waals surface area contributed by atoms with Crippen LogP contribution in [0.2, 0.25) is 0 Å². The number of para-hydroxylation sites is 1. The second kappa shape index (κ2) is 11.5. The molecule has 1 fully saturated rings. The Balaban J connectivity index is 0.00000363. The molecule has 3 atom stereocenters. The largest absolute Gasteiger partial charge is 0.153 e. The van der Waals surface area contributed by atoms with Gasteiger partial charge in [0.15, 0.2) is 0 Å². The molecule has 1 aliphatic heterocycles. The first-order chi connectivity index (χ1) is 14.6. The third kappa shape index (κ3) is 6.14. The van der Waals surface area contributed by atoms with Crippen LogP contribution in [0.1, 0.15) is 70.1 Å². The minimum atomic E-state index is -0.982. The Hall–Kier alpha value is -0.940. The maximum atomic E-state index is 13.0. The number of carbonyl (C=O) groups is 1. The van der Waals surface area contributed by atoms with Crippen LogP contribution in [0.5, 0.6) is 0 Å².